The molecule has 0 radical (unpaired) electrons. The van der Waals surface area contributed by atoms with Crippen molar-refractivity contribution in [2.24, 2.45) is 0 Å². The Balaban J connectivity index is 1.75. The molecule has 1 N–H and O–H groups in total. The molecule has 0 aliphatic carbocycles. The first-order valence-corrected chi connectivity index (χ1v) is 10.7. The highest BCUT2D eigenvalue weighted by atomic mass is 79.9. The van der Waals surface area contributed by atoms with Gasteiger partial charge in [-0.15, -0.1) is 0 Å². The van der Waals surface area contributed by atoms with Crippen molar-refractivity contribution in [3.05, 3.63) is 40.4 Å². The van der Waals surface area contributed by atoms with Crippen LogP contribution in [0, 0.1) is 0 Å². The summed E-state index contributed by atoms with van der Waals surface area (Å²) in [6.07, 6.45) is 0.928. The Hall–Kier alpha value is -2.26. The van der Waals surface area contributed by atoms with Crippen LogP contribution in [-0.4, -0.2) is 27.7 Å². The fourth-order valence-electron chi connectivity index (χ4n) is 3.28. The van der Waals surface area contributed by atoms with Crippen LogP contribution in [0.3, 0.4) is 0 Å². The van der Waals surface area contributed by atoms with Crippen LogP contribution in [0.5, 0.6) is 11.5 Å². The molecule has 0 aromatic heterocycles. The van der Waals surface area contributed by atoms with E-state index in [1.54, 1.807) is 30.0 Å². The molecular formula is C18H17BrN2O5S. The summed E-state index contributed by atoms with van der Waals surface area (Å²) in [6.45, 7) is 2.35. The van der Waals surface area contributed by atoms with Gasteiger partial charge < -0.3 is 14.4 Å². The topological polar surface area (TPSA) is 84.9 Å². The Bertz CT molecular complexity index is 1040. The summed E-state index contributed by atoms with van der Waals surface area (Å²) in [6, 6.07) is 8.22. The van der Waals surface area contributed by atoms with Crippen molar-refractivity contribution in [2.75, 3.05) is 23.0 Å². The summed E-state index contributed by atoms with van der Waals surface area (Å²) in [4.78, 5) is 13.9. The maximum Gasteiger partial charge on any atom is 0.264 e. The quantitative estimate of drug-likeness (QED) is 0.768. The highest BCUT2D eigenvalue weighted by molar-refractivity contribution is 9.10. The molecule has 2 aliphatic heterocycles. The number of anilines is 2. The lowest BCUT2D eigenvalue weighted by molar-refractivity contribution is -0.118. The SMILES string of the molecule is CCC(=O)N1CCc2cc(Br)cc(S(=O)(=O)Nc3ccc4c(c3)OCO4)c21. The number of fused-ring (bicyclic) bond motifs is 2. The standard InChI is InChI=1S/C18H17BrN2O5S/c1-2-17(22)21-6-5-11-7-12(19)8-16(18(11)21)27(23,24)20-13-3-4-14-15(9-13)26-10-25-14/h3-4,7-9,20H,2,5-6,10H2,1H3. The van der Waals surface area contributed by atoms with E-state index in [-0.39, 0.29) is 17.6 Å². The van der Waals surface area contributed by atoms with E-state index in [1.807, 2.05) is 6.07 Å². The Morgan fingerprint density at radius 3 is 2.78 bits per heavy atom. The van der Waals surface area contributed by atoms with Crippen LogP contribution in [0.1, 0.15) is 18.9 Å². The molecule has 7 nitrogen and oxygen atoms in total. The number of hydrogen-bond donors (Lipinski definition) is 1. The predicted octanol–water partition coefficient (Wildman–Crippen LogP) is 3.28. The second-order valence-corrected chi connectivity index (χ2v) is 8.80. The number of carbonyl (C=O) groups is 1. The number of hydrogen-bond acceptors (Lipinski definition) is 5. The fourth-order valence-corrected chi connectivity index (χ4v) is 5.27. The highest BCUT2D eigenvalue weighted by Crippen LogP contribution is 2.39. The van der Waals surface area contributed by atoms with E-state index in [4.69, 9.17) is 9.47 Å². The predicted molar refractivity (Wildman–Crippen MR) is 104 cm³/mol. The zero-order chi connectivity index (χ0) is 19.2. The molecule has 2 aromatic carbocycles. The minimum atomic E-state index is -3.92. The van der Waals surface area contributed by atoms with Gasteiger partial charge >= 0.3 is 0 Å². The van der Waals surface area contributed by atoms with Gasteiger partial charge in [0, 0.05) is 23.5 Å². The number of benzene rings is 2. The van der Waals surface area contributed by atoms with Gasteiger partial charge in [0.25, 0.3) is 10.0 Å². The molecule has 142 valence electrons. The largest absolute Gasteiger partial charge is 0.454 e. The van der Waals surface area contributed by atoms with E-state index in [9.17, 15) is 13.2 Å². The van der Waals surface area contributed by atoms with E-state index in [2.05, 4.69) is 20.7 Å². The van der Waals surface area contributed by atoms with Crippen LogP contribution in [-0.2, 0) is 21.2 Å². The van der Waals surface area contributed by atoms with Crippen molar-refractivity contribution in [2.45, 2.75) is 24.7 Å². The molecule has 2 aliphatic rings. The number of carbonyl (C=O) groups excluding carboxylic acids is 1. The summed E-state index contributed by atoms with van der Waals surface area (Å²) in [5.41, 5.74) is 1.65. The summed E-state index contributed by atoms with van der Waals surface area (Å²) >= 11 is 3.38. The minimum absolute atomic E-state index is 0.0730. The summed E-state index contributed by atoms with van der Waals surface area (Å²) < 4.78 is 40.0. The molecule has 2 aromatic rings. The molecule has 0 unspecified atom stereocenters. The van der Waals surface area contributed by atoms with Crippen molar-refractivity contribution in [3.8, 4) is 11.5 Å². The number of rotatable bonds is 4. The third-order valence-electron chi connectivity index (χ3n) is 4.51. The van der Waals surface area contributed by atoms with Crippen molar-refractivity contribution in [1.29, 1.82) is 0 Å². The van der Waals surface area contributed by atoms with Crippen LogP contribution in [0.15, 0.2) is 39.7 Å². The first-order chi connectivity index (χ1) is 12.9. The second kappa shape index (κ2) is 6.72. The van der Waals surface area contributed by atoms with Gasteiger partial charge in [0.15, 0.2) is 11.5 Å². The number of halogens is 1. The third-order valence-corrected chi connectivity index (χ3v) is 6.36. The molecule has 0 fully saturated rings. The summed E-state index contributed by atoms with van der Waals surface area (Å²) in [5, 5.41) is 0. The van der Waals surface area contributed by atoms with E-state index in [0.29, 0.717) is 46.7 Å². The molecule has 0 saturated heterocycles. The van der Waals surface area contributed by atoms with Crippen molar-refractivity contribution >= 4 is 43.2 Å². The number of amides is 1. The van der Waals surface area contributed by atoms with Crippen molar-refractivity contribution in [1.82, 2.24) is 0 Å². The molecule has 0 atom stereocenters. The van der Waals surface area contributed by atoms with Gasteiger partial charge in [0.2, 0.25) is 12.7 Å². The molecule has 0 spiro atoms. The molecule has 9 heteroatoms. The van der Waals surface area contributed by atoms with Gasteiger partial charge in [-0.25, -0.2) is 8.42 Å². The van der Waals surface area contributed by atoms with Crippen molar-refractivity contribution < 1.29 is 22.7 Å². The smallest absolute Gasteiger partial charge is 0.264 e. The first-order valence-electron chi connectivity index (χ1n) is 8.44. The van der Waals surface area contributed by atoms with Gasteiger partial charge in [0.05, 0.1) is 11.4 Å². The number of sulfonamides is 1. The Morgan fingerprint density at radius 1 is 1.22 bits per heavy atom. The first kappa shape index (κ1) is 18.1. The fraction of sp³-hybridized carbons (Fsp3) is 0.278. The van der Waals surface area contributed by atoms with Crippen LogP contribution >= 0.6 is 15.9 Å². The van der Waals surface area contributed by atoms with Crippen LogP contribution < -0.4 is 19.1 Å². The second-order valence-electron chi connectivity index (χ2n) is 6.23. The third kappa shape index (κ3) is 3.25. The number of nitrogens with one attached hydrogen (secondary N) is 1. The average molecular weight is 453 g/mol. The van der Waals surface area contributed by atoms with Crippen LogP contribution in [0.25, 0.3) is 0 Å². The summed E-state index contributed by atoms with van der Waals surface area (Å²) in [5.74, 6) is 0.953. The average Bonchev–Trinajstić information content (AvgIpc) is 3.26. The van der Waals surface area contributed by atoms with Gasteiger partial charge in [-0.2, -0.15) is 0 Å². The zero-order valence-electron chi connectivity index (χ0n) is 14.5. The number of nitrogens with zero attached hydrogens (tertiary/aromatic N) is 1. The summed E-state index contributed by atoms with van der Waals surface area (Å²) in [7, 11) is -3.92. The van der Waals surface area contributed by atoms with E-state index >= 15 is 0 Å². The molecule has 4 rings (SSSR count). The Morgan fingerprint density at radius 2 is 2.00 bits per heavy atom. The molecule has 2 heterocycles. The molecular weight excluding hydrogens is 436 g/mol. The highest BCUT2D eigenvalue weighted by Gasteiger charge is 2.32. The normalized spacial score (nSPS) is 15.0. The molecule has 1 amide bonds. The molecule has 0 bridgehead atoms. The van der Waals surface area contributed by atoms with Crippen LogP contribution in [0.4, 0.5) is 11.4 Å². The van der Waals surface area contributed by atoms with Gasteiger partial charge in [-0.3, -0.25) is 9.52 Å². The van der Waals surface area contributed by atoms with E-state index in [1.165, 1.54) is 6.07 Å². The molecule has 27 heavy (non-hydrogen) atoms. The Kier molecular flexibility index (Phi) is 4.51. The van der Waals surface area contributed by atoms with Crippen molar-refractivity contribution in [3.63, 3.8) is 0 Å². The van der Waals surface area contributed by atoms with Gasteiger partial charge in [0.1, 0.15) is 4.90 Å². The maximum absolute atomic E-state index is 13.1. The van der Waals surface area contributed by atoms with Gasteiger partial charge in [-0.1, -0.05) is 22.9 Å². The maximum atomic E-state index is 13.1. The lowest BCUT2D eigenvalue weighted by atomic mass is 10.2. The zero-order valence-corrected chi connectivity index (χ0v) is 16.9. The Labute approximate surface area is 165 Å². The lowest BCUT2D eigenvalue weighted by Crippen LogP contribution is -2.29. The molecule has 0 saturated carbocycles. The monoisotopic (exact) mass is 452 g/mol. The lowest BCUT2D eigenvalue weighted by Gasteiger charge is -2.20. The minimum Gasteiger partial charge on any atom is -0.454 e. The van der Waals surface area contributed by atoms with E-state index < -0.39 is 10.0 Å². The number of ether oxygens (including phenoxy) is 2. The van der Waals surface area contributed by atoms with Gasteiger partial charge in [-0.05, 0) is 36.2 Å². The van der Waals surface area contributed by atoms with E-state index in [0.717, 1.165) is 5.56 Å². The van der Waals surface area contributed by atoms with Crippen LogP contribution in [0.2, 0.25) is 0 Å².